The van der Waals surface area contributed by atoms with Gasteiger partial charge in [-0.15, -0.1) is 0 Å². The van der Waals surface area contributed by atoms with Crippen molar-refractivity contribution in [3.63, 3.8) is 0 Å². The van der Waals surface area contributed by atoms with E-state index < -0.39 is 0 Å². The molecule has 0 bridgehead atoms. The summed E-state index contributed by atoms with van der Waals surface area (Å²) in [5.41, 5.74) is 9.10. The SMILES string of the molecule is CC(C)C[C@@H](N)CN1CCCc2ccccc21. The minimum absolute atomic E-state index is 0.293. The van der Waals surface area contributed by atoms with E-state index in [1.165, 1.54) is 24.1 Å². The summed E-state index contributed by atoms with van der Waals surface area (Å²) < 4.78 is 0. The number of aryl methyl sites for hydroxylation is 1. The first-order valence-corrected chi connectivity index (χ1v) is 6.75. The topological polar surface area (TPSA) is 29.3 Å². The van der Waals surface area contributed by atoms with Gasteiger partial charge in [0.05, 0.1) is 0 Å². The van der Waals surface area contributed by atoms with E-state index in [1.807, 2.05) is 0 Å². The lowest BCUT2D eigenvalue weighted by molar-refractivity contribution is 0.484. The molecule has 1 aromatic carbocycles. The van der Waals surface area contributed by atoms with Crippen LogP contribution in [0.5, 0.6) is 0 Å². The summed E-state index contributed by atoms with van der Waals surface area (Å²) in [5.74, 6) is 0.685. The van der Waals surface area contributed by atoms with Crippen molar-refractivity contribution in [2.75, 3.05) is 18.0 Å². The van der Waals surface area contributed by atoms with Gasteiger partial charge in [-0.3, -0.25) is 0 Å². The van der Waals surface area contributed by atoms with Gasteiger partial charge in [0, 0.05) is 24.8 Å². The molecule has 0 saturated heterocycles. The van der Waals surface area contributed by atoms with E-state index in [1.54, 1.807) is 0 Å². The lowest BCUT2D eigenvalue weighted by Gasteiger charge is -2.33. The van der Waals surface area contributed by atoms with Crippen LogP contribution in [0.1, 0.15) is 32.3 Å². The highest BCUT2D eigenvalue weighted by Crippen LogP contribution is 2.26. The van der Waals surface area contributed by atoms with Gasteiger partial charge >= 0.3 is 0 Å². The number of benzene rings is 1. The summed E-state index contributed by atoms with van der Waals surface area (Å²) in [6.45, 7) is 6.63. The average molecular weight is 232 g/mol. The quantitative estimate of drug-likeness (QED) is 0.865. The fraction of sp³-hybridized carbons (Fsp3) is 0.600. The van der Waals surface area contributed by atoms with Crippen molar-refractivity contribution in [2.45, 2.75) is 39.2 Å². The zero-order valence-corrected chi connectivity index (χ0v) is 11.0. The van der Waals surface area contributed by atoms with E-state index >= 15 is 0 Å². The highest BCUT2D eigenvalue weighted by Gasteiger charge is 2.18. The summed E-state index contributed by atoms with van der Waals surface area (Å²) in [7, 11) is 0. The Morgan fingerprint density at radius 3 is 2.82 bits per heavy atom. The molecule has 1 aliphatic heterocycles. The number of para-hydroxylation sites is 1. The Kier molecular flexibility index (Phi) is 4.06. The summed E-state index contributed by atoms with van der Waals surface area (Å²) in [6, 6.07) is 9.04. The van der Waals surface area contributed by atoms with Crippen molar-refractivity contribution in [1.29, 1.82) is 0 Å². The molecule has 0 aromatic heterocycles. The molecule has 0 radical (unpaired) electrons. The third kappa shape index (κ3) is 3.22. The molecule has 2 N–H and O–H groups in total. The smallest absolute Gasteiger partial charge is 0.0399 e. The van der Waals surface area contributed by atoms with Crippen LogP contribution in [0.15, 0.2) is 24.3 Å². The van der Waals surface area contributed by atoms with Crippen molar-refractivity contribution < 1.29 is 0 Å². The van der Waals surface area contributed by atoms with Gasteiger partial charge < -0.3 is 10.6 Å². The average Bonchev–Trinajstić information content (AvgIpc) is 2.28. The summed E-state index contributed by atoms with van der Waals surface area (Å²) in [6.07, 6.45) is 3.58. The monoisotopic (exact) mass is 232 g/mol. The van der Waals surface area contributed by atoms with E-state index in [0.717, 1.165) is 19.5 Å². The van der Waals surface area contributed by atoms with Crippen LogP contribution in [-0.4, -0.2) is 19.1 Å². The van der Waals surface area contributed by atoms with Crippen LogP contribution < -0.4 is 10.6 Å². The second-order valence-corrected chi connectivity index (χ2v) is 5.57. The molecule has 0 aliphatic carbocycles. The second-order valence-electron chi connectivity index (χ2n) is 5.57. The number of nitrogens with two attached hydrogens (primary N) is 1. The van der Waals surface area contributed by atoms with Gasteiger partial charge in [0.1, 0.15) is 0 Å². The minimum atomic E-state index is 0.293. The molecular weight excluding hydrogens is 208 g/mol. The fourth-order valence-corrected chi connectivity index (χ4v) is 2.76. The highest BCUT2D eigenvalue weighted by atomic mass is 15.1. The molecule has 1 atom stereocenters. The molecule has 0 amide bonds. The molecule has 0 unspecified atom stereocenters. The van der Waals surface area contributed by atoms with Gasteiger partial charge in [0.15, 0.2) is 0 Å². The number of hydrogen-bond donors (Lipinski definition) is 1. The van der Waals surface area contributed by atoms with Crippen molar-refractivity contribution in [1.82, 2.24) is 0 Å². The van der Waals surface area contributed by atoms with Gasteiger partial charge in [-0.2, -0.15) is 0 Å². The van der Waals surface area contributed by atoms with Gasteiger partial charge in [-0.1, -0.05) is 32.0 Å². The van der Waals surface area contributed by atoms with E-state index in [2.05, 4.69) is 43.0 Å². The van der Waals surface area contributed by atoms with Crippen LogP contribution in [0.4, 0.5) is 5.69 Å². The van der Waals surface area contributed by atoms with E-state index in [-0.39, 0.29) is 0 Å². The van der Waals surface area contributed by atoms with Crippen LogP contribution >= 0.6 is 0 Å². The van der Waals surface area contributed by atoms with E-state index in [9.17, 15) is 0 Å². The Hall–Kier alpha value is -1.02. The fourth-order valence-electron chi connectivity index (χ4n) is 2.76. The maximum absolute atomic E-state index is 6.22. The Morgan fingerprint density at radius 2 is 2.06 bits per heavy atom. The first-order chi connectivity index (χ1) is 8.16. The maximum atomic E-state index is 6.22. The number of nitrogens with zero attached hydrogens (tertiary/aromatic N) is 1. The third-order valence-electron chi connectivity index (χ3n) is 3.44. The molecule has 1 heterocycles. The molecule has 0 saturated carbocycles. The van der Waals surface area contributed by atoms with Crippen LogP contribution in [0.2, 0.25) is 0 Å². The molecule has 17 heavy (non-hydrogen) atoms. The Labute approximate surface area is 105 Å². The molecule has 2 nitrogen and oxygen atoms in total. The Balaban J connectivity index is 2.03. The third-order valence-corrected chi connectivity index (χ3v) is 3.44. The van der Waals surface area contributed by atoms with Crippen LogP contribution in [0.3, 0.4) is 0 Å². The standard InChI is InChI=1S/C15H24N2/c1-12(2)10-14(16)11-17-9-5-7-13-6-3-4-8-15(13)17/h3-4,6,8,12,14H,5,7,9-11,16H2,1-2H3/t14-/m1/s1. The number of anilines is 1. The van der Waals surface area contributed by atoms with E-state index in [0.29, 0.717) is 12.0 Å². The molecule has 1 aliphatic rings. The first kappa shape index (κ1) is 12.4. The Morgan fingerprint density at radius 1 is 1.29 bits per heavy atom. The highest BCUT2D eigenvalue weighted by molar-refractivity contribution is 5.55. The van der Waals surface area contributed by atoms with Gasteiger partial charge in [0.25, 0.3) is 0 Å². The zero-order valence-electron chi connectivity index (χ0n) is 11.0. The summed E-state index contributed by atoms with van der Waals surface area (Å²) >= 11 is 0. The first-order valence-electron chi connectivity index (χ1n) is 6.75. The molecule has 2 heteroatoms. The predicted molar refractivity (Wildman–Crippen MR) is 74.4 cm³/mol. The lowest BCUT2D eigenvalue weighted by atomic mass is 9.99. The molecule has 0 fully saturated rings. The number of rotatable bonds is 4. The molecule has 94 valence electrons. The largest absolute Gasteiger partial charge is 0.370 e. The van der Waals surface area contributed by atoms with Crippen molar-refractivity contribution >= 4 is 5.69 Å². The maximum Gasteiger partial charge on any atom is 0.0399 e. The molecule has 2 rings (SSSR count). The summed E-state index contributed by atoms with van der Waals surface area (Å²) in [4.78, 5) is 2.46. The molecule has 1 aromatic rings. The second kappa shape index (κ2) is 5.54. The van der Waals surface area contributed by atoms with Gasteiger partial charge in [-0.25, -0.2) is 0 Å². The van der Waals surface area contributed by atoms with Crippen LogP contribution in [0.25, 0.3) is 0 Å². The van der Waals surface area contributed by atoms with Crippen molar-refractivity contribution in [3.05, 3.63) is 29.8 Å². The molecule has 0 spiro atoms. The van der Waals surface area contributed by atoms with Crippen molar-refractivity contribution in [2.24, 2.45) is 11.7 Å². The Bertz CT molecular complexity index is 360. The van der Waals surface area contributed by atoms with Crippen LogP contribution in [0, 0.1) is 5.92 Å². The minimum Gasteiger partial charge on any atom is -0.370 e. The van der Waals surface area contributed by atoms with Gasteiger partial charge in [0.2, 0.25) is 0 Å². The molecular formula is C15H24N2. The van der Waals surface area contributed by atoms with Crippen LogP contribution in [-0.2, 0) is 6.42 Å². The predicted octanol–water partition coefficient (Wildman–Crippen LogP) is 2.81. The van der Waals surface area contributed by atoms with E-state index in [4.69, 9.17) is 5.73 Å². The zero-order chi connectivity index (χ0) is 12.3. The summed E-state index contributed by atoms with van der Waals surface area (Å²) in [5, 5.41) is 0. The van der Waals surface area contributed by atoms with Gasteiger partial charge in [-0.05, 0) is 36.8 Å². The van der Waals surface area contributed by atoms with Crippen molar-refractivity contribution in [3.8, 4) is 0 Å². The number of hydrogen-bond acceptors (Lipinski definition) is 2. The number of fused-ring (bicyclic) bond motifs is 1. The lowest BCUT2D eigenvalue weighted by Crippen LogP contribution is -2.40. The normalized spacial score (nSPS) is 17.1.